The van der Waals surface area contributed by atoms with E-state index in [1.54, 1.807) is 6.33 Å². The zero-order valence-corrected chi connectivity index (χ0v) is 10.2. The van der Waals surface area contributed by atoms with Crippen molar-refractivity contribution < 1.29 is 4.79 Å². The minimum Gasteiger partial charge on any atom is -0.351 e. The van der Waals surface area contributed by atoms with Crippen LogP contribution in [0.3, 0.4) is 0 Å². The SMILES string of the molecule is O=C1C(Cc2c[nH]cn2)CCC2CCCCC12. The van der Waals surface area contributed by atoms with Crippen molar-refractivity contribution in [1.82, 2.24) is 9.97 Å². The third-order valence-electron chi connectivity index (χ3n) is 4.57. The summed E-state index contributed by atoms with van der Waals surface area (Å²) in [5.41, 5.74) is 1.04. The molecule has 2 saturated carbocycles. The predicted molar refractivity (Wildman–Crippen MR) is 65.5 cm³/mol. The maximum Gasteiger partial charge on any atom is 0.139 e. The molecule has 1 heterocycles. The van der Waals surface area contributed by atoms with Crippen LogP contribution in [0, 0.1) is 17.8 Å². The van der Waals surface area contributed by atoms with Crippen molar-refractivity contribution in [2.24, 2.45) is 17.8 Å². The van der Waals surface area contributed by atoms with Gasteiger partial charge in [0.1, 0.15) is 5.78 Å². The Morgan fingerprint density at radius 3 is 2.94 bits per heavy atom. The first-order chi connectivity index (χ1) is 8.34. The molecule has 17 heavy (non-hydrogen) atoms. The summed E-state index contributed by atoms with van der Waals surface area (Å²) < 4.78 is 0. The molecule has 2 aliphatic carbocycles. The first-order valence-corrected chi connectivity index (χ1v) is 6.86. The third kappa shape index (κ3) is 2.15. The fourth-order valence-electron chi connectivity index (χ4n) is 3.65. The zero-order valence-electron chi connectivity index (χ0n) is 10.2. The van der Waals surface area contributed by atoms with E-state index in [2.05, 4.69) is 9.97 Å². The number of nitrogens with zero attached hydrogens (tertiary/aromatic N) is 1. The van der Waals surface area contributed by atoms with E-state index in [0.29, 0.717) is 17.6 Å². The number of imidazole rings is 1. The number of aromatic nitrogens is 2. The van der Waals surface area contributed by atoms with Gasteiger partial charge in [0.2, 0.25) is 0 Å². The summed E-state index contributed by atoms with van der Waals surface area (Å²) in [6.07, 6.45) is 11.8. The summed E-state index contributed by atoms with van der Waals surface area (Å²) in [6.45, 7) is 0. The van der Waals surface area contributed by atoms with Crippen molar-refractivity contribution in [2.45, 2.75) is 44.9 Å². The molecule has 0 radical (unpaired) electrons. The number of hydrogen-bond acceptors (Lipinski definition) is 2. The van der Waals surface area contributed by atoms with Crippen LogP contribution in [0.1, 0.15) is 44.2 Å². The normalized spacial score (nSPS) is 33.4. The lowest BCUT2D eigenvalue weighted by Gasteiger charge is -2.37. The molecule has 0 aromatic carbocycles. The lowest BCUT2D eigenvalue weighted by Crippen LogP contribution is -2.37. The standard InChI is InChI=1S/C14H20N2O/c17-14-11(7-12-8-15-9-16-12)6-5-10-3-1-2-4-13(10)14/h8-11,13H,1-7H2,(H,15,16). The molecule has 1 aromatic rings. The molecule has 2 aliphatic rings. The smallest absolute Gasteiger partial charge is 0.139 e. The molecular formula is C14H20N2O. The molecule has 3 atom stereocenters. The number of fused-ring (bicyclic) bond motifs is 1. The molecule has 92 valence electrons. The molecule has 3 nitrogen and oxygen atoms in total. The van der Waals surface area contributed by atoms with Gasteiger partial charge in [0.05, 0.1) is 12.0 Å². The van der Waals surface area contributed by atoms with Gasteiger partial charge < -0.3 is 4.98 Å². The fraction of sp³-hybridized carbons (Fsp3) is 0.714. The van der Waals surface area contributed by atoms with Crippen LogP contribution in [-0.4, -0.2) is 15.8 Å². The van der Waals surface area contributed by atoms with Gasteiger partial charge in [0.15, 0.2) is 0 Å². The van der Waals surface area contributed by atoms with Gasteiger partial charge in [-0.2, -0.15) is 0 Å². The van der Waals surface area contributed by atoms with Crippen LogP contribution in [0.5, 0.6) is 0 Å². The summed E-state index contributed by atoms with van der Waals surface area (Å²) in [6, 6.07) is 0. The zero-order chi connectivity index (χ0) is 11.7. The van der Waals surface area contributed by atoms with E-state index >= 15 is 0 Å². The van der Waals surface area contributed by atoms with Crippen molar-refractivity contribution in [2.75, 3.05) is 0 Å². The van der Waals surface area contributed by atoms with E-state index in [-0.39, 0.29) is 5.92 Å². The summed E-state index contributed by atoms with van der Waals surface area (Å²) in [5, 5.41) is 0. The van der Waals surface area contributed by atoms with Crippen LogP contribution in [0.15, 0.2) is 12.5 Å². The second kappa shape index (κ2) is 4.63. The fourth-order valence-corrected chi connectivity index (χ4v) is 3.65. The molecule has 0 bridgehead atoms. The van der Waals surface area contributed by atoms with Gasteiger partial charge in [-0.3, -0.25) is 4.79 Å². The topological polar surface area (TPSA) is 45.8 Å². The van der Waals surface area contributed by atoms with Gasteiger partial charge in [0.25, 0.3) is 0 Å². The van der Waals surface area contributed by atoms with Crippen LogP contribution in [-0.2, 0) is 11.2 Å². The van der Waals surface area contributed by atoms with Crippen LogP contribution in [0.2, 0.25) is 0 Å². The van der Waals surface area contributed by atoms with E-state index in [1.807, 2.05) is 6.20 Å². The van der Waals surface area contributed by atoms with Crippen molar-refractivity contribution in [1.29, 1.82) is 0 Å². The minimum atomic E-state index is 0.234. The molecule has 0 saturated heterocycles. The van der Waals surface area contributed by atoms with Crippen LogP contribution in [0.25, 0.3) is 0 Å². The number of aromatic amines is 1. The van der Waals surface area contributed by atoms with E-state index in [1.165, 1.54) is 25.7 Å². The summed E-state index contributed by atoms with van der Waals surface area (Å²) in [7, 11) is 0. The molecule has 0 spiro atoms. The third-order valence-corrected chi connectivity index (χ3v) is 4.57. The highest BCUT2D eigenvalue weighted by molar-refractivity contribution is 5.84. The van der Waals surface area contributed by atoms with Crippen LogP contribution < -0.4 is 0 Å². The number of carbonyl (C=O) groups is 1. The van der Waals surface area contributed by atoms with E-state index < -0.39 is 0 Å². The van der Waals surface area contributed by atoms with Gasteiger partial charge >= 0.3 is 0 Å². The minimum absolute atomic E-state index is 0.234. The van der Waals surface area contributed by atoms with Gasteiger partial charge in [0, 0.05) is 24.5 Å². The number of carbonyl (C=O) groups excluding carboxylic acids is 1. The molecule has 3 heteroatoms. The Hall–Kier alpha value is -1.12. The van der Waals surface area contributed by atoms with Gasteiger partial charge in [-0.05, 0) is 31.6 Å². The van der Waals surface area contributed by atoms with Crippen LogP contribution >= 0.6 is 0 Å². The Morgan fingerprint density at radius 2 is 2.12 bits per heavy atom. The Bertz CT molecular complexity index is 385. The lowest BCUT2D eigenvalue weighted by atomic mass is 9.66. The van der Waals surface area contributed by atoms with Gasteiger partial charge in [-0.25, -0.2) is 4.98 Å². The Morgan fingerprint density at radius 1 is 1.24 bits per heavy atom. The van der Waals surface area contributed by atoms with Crippen molar-refractivity contribution >= 4 is 5.78 Å². The van der Waals surface area contributed by atoms with E-state index in [4.69, 9.17) is 0 Å². The van der Waals surface area contributed by atoms with E-state index in [9.17, 15) is 4.79 Å². The van der Waals surface area contributed by atoms with Crippen LogP contribution in [0.4, 0.5) is 0 Å². The average molecular weight is 232 g/mol. The summed E-state index contributed by atoms with van der Waals surface area (Å²) >= 11 is 0. The quantitative estimate of drug-likeness (QED) is 0.852. The highest BCUT2D eigenvalue weighted by Crippen LogP contribution is 2.41. The highest BCUT2D eigenvalue weighted by Gasteiger charge is 2.38. The summed E-state index contributed by atoms with van der Waals surface area (Å²) in [4.78, 5) is 19.7. The highest BCUT2D eigenvalue weighted by atomic mass is 16.1. The number of nitrogens with one attached hydrogen (secondary N) is 1. The summed E-state index contributed by atoms with van der Waals surface area (Å²) in [5.74, 6) is 1.84. The molecular weight excluding hydrogens is 212 g/mol. The van der Waals surface area contributed by atoms with Crippen molar-refractivity contribution in [3.63, 3.8) is 0 Å². The molecule has 0 amide bonds. The molecule has 0 aliphatic heterocycles. The molecule has 1 N–H and O–H groups in total. The maximum absolute atomic E-state index is 12.4. The Kier molecular flexibility index (Phi) is 3.00. The molecule has 1 aromatic heterocycles. The first-order valence-electron chi connectivity index (χ1n) is 6.86. The largest absolute Gasteiger partial charge is 0.351 e. The number of rotatable bonds is 2. The van der Waals surface area contributed by atoms with Gasteiger partial charge in [-0.15, -0.1) is 0 Å². The first kappa shape index (κ1) is 11.0. The number of H-pyrrole nitrogens is 1. The average Bonchev–Trinajstić information content (AvgIpc) is 2.86. The number of ketones is 1. The second-order valence-electron chi connectivity index (χ2n) is 5.59. The number of Topliss-reactive ketones (excluding diaryl/α,β-unsaturated/α-hetero) is 1. The lowest BCUT2D eigenvalue weighted by molar-refractivity contribution is -0.132. The van der Waals surface area contributed by atoms with E-state index in [0.717, 1.165) is 25.0 Å². The maximum atomic E-state index is 12.4. The Balaban J connectivity index is 1.69. The molecule has 2 fully saturated rings. The molecule has 3 rings (SSSR count). The van der Waals surface area contributed by atoms with Crippen molar-refractivity contribution in [3.05, 3.63) is 18.2 Å². The van der Waals surface area contributed by atoms with Gasteiger partial charge in [-0.1, -0.05) is 12.8 Å². The number of hydrogen-bond donors (Lipinski definition) is 1. The Labute approximate surface area is 102 Å². The molecule has 3 unspecified atom stereocenters. The monoisotopic (exact) mass is 232 g/mol. The van der Waals surface area contributed by atoms with Crippen molar-refractivity contribution in [3.8, 4) is 0 Å². The predicted octanol–water partition coefficient (Wildman–Crippen LogP) is 2.74. The second-order valence-corrected chi connectivity index (χ2v) is 5.59.